The van der Waals surface area contributed by atoms with Crippen molar-refractivity contribution in [3.8, 4) is 0 Å². The molecule has 0 spiro atoms. The minimum absolute atomic E-state index is 0.00644. The molecule has 1 aromatic heterocycles. The highest BCUT2D eigenvalue weighted by atomic mass is 16.2. The Bertz CT molecular complexity index is 831. The Morgan fingerprint density at radius 3 is 2.79 bits per heavy atom. The van der Waals surface area contributed by atoms with E-state index in [0.717, 1.165) is 24.1 Å². The third-order valence-electron chi connectivity index (χ3n) is 4.25. The molecule has 2 aliphatic rings. The van der Waals surface area contributed by atoms with E-state index in [-0.39, 0.29) is 23.8 Å². The summed E-state index contributed by atoms with van der Waals surface area (Å²) in [6, 6.07) is 7.25. The van der Waals surface area contributed by atoms with E-state index in [1.807, 2.05) is 19.1 Å². The zero-order chi connectivity index (χ0) is 16.7. The Morgan fingerprint density at radius 1 is 1.21 bits per heavy atom. The summed E-state index contributed by atoms with van der Waals surface area (Å²) in [4.78, 5) is 31.8. The molecule has 24 heavy (non-hydrogen) atoms. The molecule has 2 heterocycles. The number of nitrogens with zero attached hydrogens (tertiary/aromatic N) is 2. The third-order valence-corrected chi connectivity index (χ3v) is 4.25. The average molecular weight is 323 g/mol. The van der Waals surface area contributed by atoms with Crippen molar-refractivity contribution in [3.05, 3.63) is 41.7 Å². The number of amides is 2. The number of benzene rings is 1. The normalized spacial score (nSPS) is 18.7. The first-order chi connectivity index (χ1) is 11.6. The zero-order valence-electron chi connectivity index (χ0n) is 13.2. The molecule has 1 unspecified atom stereocenters. The molecule has 1 atom stereocenters. The molecule has 7 heteroatoms. The quantitative estimate of drug-likeness (QED) is 0.803. The van der Waals surface area contributed by atoms with Crippen LogP contribution in [0, 0.1) is 5.92 Å². The molecular weight excluding hydrogens is 306 g/mol. The lowest BCUT2D eigenvalue weighted by Gasteiger charge is -2.10. The molecule has 1 aromatic carbocycles. The lowest BCUT2D eigenvalue weighted by Crippen LogP contribution is -2.16. The second-order valence-corrected chi connectivity index (χ2v) is 6.17. The highest BCUT2D eigenvalue weighted by Gasteiger charge is 2.30. The van der Waals surface area contributed by atoms with Gasteiger partial charge in [-0.3, -0.25) is 9.59 Å². The molecule has 2 amide bonds. The number of rotatable bonds is 4. The van der Waals surface area contributed by atoms with Gasteiger partial charge < -0.3 is 16.0 Å². The predicted molar refractivity (Wildman–Crippen MR) is 89.0 cm³/mol. The topological polar surface area (TPSA) is 96.0 Å². The van der Waals surface area contributed by atoms with Crippen LogP contribution in [0.1, 0.15) is 41.7 Å². The van der Waals surface area contributed by atoms with Gasteiger partial charge in [-0.2, -0.15) is 0 Å². The van der Waals surface area contributed by atoms with Gasteiger partial charge in [0.25, 0.3) is 5.91 Å². The highest BCUT2D eigenvalue weighted by molar-refractivity contribution is 5.99. The van der Waals surface area contributed by atoms with Gasteiger partial charge in [0.1, 0.15) is 18.0 Å². The van der Waals surface area contributed by atoms with E-state index >= 15 is 0 Å². The Labute approximate surface area is 138 Å². The molecule has 0 radical (unpaired) electrons. The summed E-state index contributed by atoms with van der Waals surface area (Å²) in [6.07, 6.45) is 3.30. The van der Waals surface area contributed by atoms with Gasteiger partial charge in [-0.25, -0.2) is 9.97 Å². The van der Waals surface area contributed by atoms with Crippen molar-refractivity contribution in [2.24, 2.45) is 5.92 Å². The van der Waals surface area contributed by atoms with Crippen molar-refractivity contribution in [2.75, 3.05) is 10.6 Å². The standard InChI is InChI=1S/C17H17N5O2/c1-9-13-6-11(4-5-12(13)17(24)20-9)21-14-7-15(19-8-18-14)22-16(23)10-2-3-10/h4-10H,2-3H2,1H3,(H,20,24)(H2,18,19,21,22,23). The SMILES string of the molecule is CC1NC(=O)c2ccc(Nc3cc(NC(=O)C4CC4)ncn3)cc21. The van der Waals surface area contributed by atoms with Crippen molar-refractivity contribution >= 4 is 29.1 Å². The monoisotopic (exact) mass is 323 g/mol. The number of aromatic nitrogens is 2. The van der Waals surface area contributed by atoms with Crippen LogP contribution >= 0.6 is 0 Å². The number of anilines is 3. The summed E-state index contributed by atoms with van der Waals surface area (Å²) < 4.78 is 0. The molecule has 1 aliphatic heterocycles. The number of carbonyl (C=O) groups is 2. The minimum Gasteiger partial charge on any atom is -0.345 e. The van der Waals surface area contributed by atoms with Gasteiger partial charge in [0.15, 0.2) is 0 Å². The number of hydrogen-bond donors (Lipinski definition) is 3. The maximum atomic E-state index is 11.8. The molecule has 7 nitrogen and oxygen atoms in total. The Balaban J connectivity index is 1.52. The molecule has 4 rings (SSSR count). The molecule has 2 aromatic rings. The number of fused-ring (bicyclic) bond motifs is 1. The van der Waals surface area contributed by atoms with E-state index in [1.165, 1.54) is 6.33 Å². The minimum atomic E-state index is -0.0452. The van der Waals surface area contributed by atoms with Gasteiger partial charge in [0.05, 0.1) is 6.04 Å². The molecule has 1 fully saturated rings. The number of hydrogen-bond acceptors (Lipinski definition) is 5. The number of nitrogens with one attached hydrogen (secondary N) is 3. The molecule has 0 saturated heterocycles. The summed E-state index contributed by atoms with van der Waals surface area (Å²) in [7, 11) is 0. The largest absolute Gasteiger partial charge is 0.345 e. The van der Waals surface area contributed by atoms with E-state index < -0.39 is 0 Å². The average Bonchev–Trinajstić information content (AvgIpc) is 3.36. The van der Waals surface area contributed by atoms with Crippen LogP contribution in [0.25, 0.3) is 0 Å². The predicted octanol–water partition coefficient (Wildman–Crippen LogP) is 2.37. The molecule has 1 saturated carbocycles. The van der Waals surface area contributed by atoms with Crippen molar-refractivity contribution in [3.63, 3.8) is 0 Å². The molecule has 122 valence electrons. The van der Waals surface area contributed by atoms with Crippen LogP contribution in [0.4, 0.5) is 17.3 Å². The van der Waals surface area contributed by atoms with Crippen LogP contribution in [-0.4, -0.2) is 21.8 Å². The summed E-state index contributed by atoms with van der Waals surface area (Å²) in [5, 5.41) is 8.87. The van der Waals surface area contributed by atoms with E-state index in [0.29, 0.717) is 17.2 Å². The third kappa shape index (κ3) is 2.80. The molecule has 1 aliphatic carbocycles. The lowest BCUT2D eigenvalue weighted by atomic mass is 10.1. The van der Waals surface area contributed by atoms with Crippen LogP contribution in [0.3, 0.4) is 0 Å². The van der Waals surface area contributed by atoms with Crippen LogP contribution in [0.15, 0.2) is 30.6 Å². The summed E-state index contributed by atoms with van der Waals surface area (Å²) in [5.74, 6) is 1.16. The van der Waals surface area contributed by atoms with E-state index in [4.69, 9.17) is 0 Å². The summed E-state index contributed by atoms with van der Waals surface area (Å²) in [5.41, 5.74) is 2.49. The van der Waals surface area contributed by atoms with Crippen molar-refractivity contribution in [2.45, 2.75) is 25.8 Å². The van der Waals surface area contributed by atoms with Gasteiger partial charge in [0.2, 0.25) is 5.91 Å². The van der Waals surface area contributed by atoms with Gasteiger partial charge in [0, 0.05) is 23.2 Å². The van der Waals surface area contributed by atoms with Crippen molar-refractivity contribution in [1.29, 1.82) is 0 Å². The van der Waals surface area contributed by atoms with Crippen LogP contribution < -0.4 is 16.0 Å². The molecule has 3 N–H and O–H groups in total. The van der Waals surface area contributed by atoms with E-state index in [1.54, 1.807) is 12.1 Å². The number of carbonyl (C=O) groups excluding carboxylic acids is 2. The van der Waals surface area contributed by atoms with E-state index in [9.17, 15) is 9.59 Å². The summed E-state index contributed by atoms with van der Waals surface area (Å²) >= 11 is 0. The fraction of sp³-hybridized carbons (Fsp3) is 0.294. The van der Waals surface area contributed by atoms with E-state index in [2.05, 4.69) is 25.9 Å². The summed E-state index contributed by atoms with van der Waals surface area (Å²) in [6.45, 7) is 1.95. The van der Waals surface area contributed by atoms with Gasteiger partial charge >= 0.3 is 0 Å². The first-order valence-electron chi connectivity index (χ1n) is 7.95. The van der Waals surface area contributed by atoms with Gasteiger partial charge in [-0.15, -0.1) is 0 Å². The second kappa shape index (κ2) is 5.59. The van der Waals surface area contributed by atoms with Crippen LogP contribution in [0.2, 0.25) is 0 Å². The smallest absolute Gasteiger partial charge is 0.252 e. The fourth-order valence-electron chi connectivity index (χ4n) is 2.77. The molecule has 0 bridgehead atoms. The maximum Gasteiger partial charge on any atom is 0.252 e. The van der Waals surface area contributed by atoms with Gasteiger partial charge in [-0.05, 0) is 43.5 Å². The van der Waals surface area contributed by atoms with Gasteiger partial charge in [-0.1, -0.05) is 0 Å². The van der Waals surface area contributed by atoms with Crippen LogP contribution in [-0.2, 0) is 4.79 Å². The highest BCUT2D eigenvalue weighted by Crippen LogP contribution is 2.31. The first kappa shape index (κ1) is 14.6. The van der Waals surface area contributed by atoms with Crippen molar-refractivity contribution < 1.29 is 9.59 Å². The zero-order valence-corrected chi connectivity index (χ0v) is 13.2. The first-order valence-corrected chi connectivity index (χ1v) is 7.95. The second-order valence-electron chi connectivity index (χ2n) is 6.17. The maximum absolute atomic E-state index is 11.8. The fourth-order valence-corrected chi connectivity index (χ4v) is 2.77. The van der Waals surface area contributed by atoms with Crippen molar-refractivity contribution in [1.82, 2.24) is 15.3 Å². The Hall–Kier alpha value is -2.96. The molecular formula is C17H17N5O2. The Kier molecular flexibility index (Phi) is 3.41. The lowest BCUT2D eigenvalue weighted by molar-refractivity contribution is -0.117. The Morgan fingerprint density at radius 2 is 2.00 bits per heavy atom. The van der Waals surface area contributed by atoms with Crippen LogP contribution in [0.5, 0.6) is 0 Å².